The normalized spacial score (nSPS) is 31.1. The first-order valence-corrected chi connectivity index (χ1v) is 12.4. The number of likely N-dealkylation sites (tertiary alicyclic amines) is 2. The van der Waals surface area contributed by atoms with Crippen LogP contribution in [0.3, 0.4) is 0 Å². The smallest absolute Gasteiger partial charge is 0.293 e. The Labute approximate surface area is 196 Å². The zero-order valence-electron chi connectivity index (χ0n) is 20.2. The number of hydrogen-bond donors (Lipinski definition) is 0. The van der Waals surface area contributed by atoms with E-state index in [4.69, 9.17) is 4.52 Å². The maximum Gasteiger partial charge on any atom is 0.293 e. The van der Waals surface area contributed by atoms with Crippen molar-refractivity contribution in [1.82, 2.24) is 15.0 Å². The molecule has 3 aliphatic rings. The van der Waals surface area contributed by atoms with Crippen molar-refractivity contribution in [2.45, 2.75) is 96.3 Å². The molecular formula is C27H35N3O3. The number of piperidine rings is 1. The number of nitrogens with zero attached hydrogens (tertiary/aromatic N) is 3. The van der Waals surface area contributed by atoms with Crippen LogP contribution in [0.2, 0.25) is 0 Å². The third-order valence-corrected chi connectivity index (χ3v) is 8.42. The molecule has 1 aromatic heterocycles. The van der Waals surface area contributed by atoms with Crippen molar-refractivity contribution >= 4 is 11.8 Å². The van der Waals surface area contributed by atoms with Gasteiger partial charge in [-0.2, -0.15) is 0 Å². The summed E-state index contributed by atoms with van der Waals surface area (Å²) in [6, 6.07) is 12.4. The fourth-order valence-electron chi connectivity index (χ4n) is 6.88. The van der Waals surface area contributed by atoms with E-state index in [1.54, 1.807) is 13.0 Å². The summed E-state index contributed by atoms with van der Waals surface area (Å²) in [5.41, 5.74) is 1.90. The van der Waals surface area contributed by atoms with Crippen LogP contribution in [0.1, 0.15) is 87.5 Å². The summed E-state index contributed by atoms with van der Waals surface area (Å²) in [6.45, 7) is 8.10. The van der Waals surface area contributed by atoms with Crippen molar-refractivity contribution in [3.63, 3.8) is 0 Å². The average molecular weight is 450 g/mol. The van der Waals surface area contributed by atoms with Gasteiger partial charge in [-0.05, 0) is 37.2 Å². The maximum absolute atomic E-state index is 13.9. The summed E-state index contributed by atoms with van der Waals surface area (Å²) in [6.07, 6.45) is 5.83. The first-order valence-electron chi connectivity index (χ1n) is 12.4. The van der Waals surface area contributed by atoms with Gasteiger partial charge in [0.25, 0.3) is 5.91 Å². The molecule has 2 saturated heterocycles. The van der Waals surface area contributed by atoms with Crippen molar-refractivity contribution in [3.8, 4) is 0 Å². The molecule has 3 fully saturated rings. The molecule has 6 nitrogen and oxygen atoms in total. The second kappa shape index (κ2) is 8.30. The molecule has 2 bridgehead atoms. The third kappa shape index (κ3) is 3.58. The fourth-order valence-corrected chi connectivity index (χ4v) is 6.88. The van der Waals surface area contributed by atoms with Crippen LogP contribution >= 0.6 is 0 Å². The molecule has 1 saturated carbocycles. The van der Waals surface area contributed by atoms with Gasteiger partial charge in [0.2, 0.25) is 11.7 Å². The highest BCUT2D eigenvalue weighted by atomic mass is 16.5. The average Bonchev–Trinajstić information content (AvgIpc) is 3.33. The molecule has 3 heterocycles. The van der Waals surface area contributed by atoms with Crippen molar-refractivity contribution in [3.05, 3.63) is 53.4 Å². The van der Waals surface area contributed by atoms with Gasteiger partial charge in [-0.25, -0.2) is 0 Å². The second-order valence-electron chi connectivity index (χ2n) is 10.8. The minimum Gasteiger partial charge on any atom is -0.351 e. The first-order chi connectivity index (χ1) is 15.8. The zero-order valence-corrected chi connectivity index (χ0v) is 20.2. The van der Waals surface area contributed by atoms with Crippen LogP contribution in [-0.2, 0) is 11.2 Å². The van der Waals surface area contributed by atoms with Gasteiger partial charge in [-0.15, -0.1) is 0 Å². The molecule has 1 aliphatic carbocycles. The molecule has 1 aromatic carbocycles. The highest BCUT2D eigenvalue weighted by Crippen LogP contribution is 2.56. The van der Waals surface area contributed by atoms with Gasteiger partial charge in [0, 0.05) is 30.5 Å². The Morgan fingerprint density at radius 2 is 1.79 bits per heavy atom. The van der Waals surface area contributed by atoms with Crippen molar-refractivity contribution in [1.29, 1.82) is 0 Å². The van der Waals surface area contributed by atoms with E-state index in [1.807, 2.05) is 32.0 Å². The molecule has 176 valence electrons. The maximum atomic E-state index is 13.9. The molecule has 0 radical (unpaired) electrons. The van der Waals surface area contributed by atoms with Gasteiger partial charge in [0.15, 0.2) is 0 Å². The standard InChI is InChI=1S/C27H35N3O3/c1-17(2)20-15-23(33-28-20)26(32)30-22-16-27(4)24(12-8-9-13-25(27)30)29(18(3)31)21(22)14-19-10-6-5-7-11-19/h5-7,10-11,15,17,21-22,24-25H,8-9,12-14,16H2,1-4H3/t21-,22+,24-,25+,27-/m1/s1. The van der Waals surface area contributed by atoms with E-state index >= 15 is 0 Å². The van der Waals surface area contributed by atoms with Crippen LogP contribution in [0.15, 0.2) is 40.9 Å². The molecule has 0 N–H and O–H groups in total. The lowest BCUT2D eigenvalue weighted by molar-refractivity contribution is -0.141. The van der Waals surface area contributed by atoms with Gasteiger partial charge >= 0.3 is 0 Å². The minimum absolute atomic E-state index is 0.0291. The summed E-state index contributed by atoms with van der Waals surface area (Å²) in [7, 11) is 0. The number of aromatic nitrogens is 1. The molecular weight excluding hydrogens is 414 g/mol. The Balaban J connectivity index is 1.58. The lowest BCUT2D eigenvalue weighted by Crippen LogP contribution is -2.61. The number of rotatable bonds is 4. The summed E-state index contributed by atoms with van der Waals surface area (Å²) in [5.74, 6) is 0.571. The molecule has 5 atom stereocenters. The predicted molar refractivity (Wildman–Crippen MR) is 126 cm³/mol. The SMILES string of the molecule is CC(=O)N1[C@H](Cc2ccccc2)[C@@H]2C[C@@]3(C)[C@H](CCCC[C@@H]13)N2C(=O)c1cc(C(C)C)no1. The van der Waals surface area contributed by atoms with E-state index in [0.29, 0.717) is 5.76 Å². The topological polar surface area (TPSA) is 66.7 Å². The lowest BCUT2D eigenvalue weighted by atomic mass is 9.69. The predicted octanol–water partition coefficient (Wildman–Crippen LogP) is 4.80. The molecule has 2 aromatic rings. The number of fused-ring (bicyclic) bond motifs is 1. The van der Waals surface area contributed by atoms with Gasteiger partial charge in [0.1, 0.15) is 0 Å². The monoisotopic (exact) mass is 449 g/mol. The summed E-state index contributed by atoms with van der Waals surface area (Å²) in [4.78, 5) is 31.3. The Kier molecular flexibility index (Phi) is 5.58. The van der Waals surface area contributed by atoms with E-state index < -0.39 is 0 Å². The Bertz CT molecular complexity index is 1030. The molecule has 6 heteroatoms. The fraction of sp³-hybridized carbons (Fsp3) is 0.593. The van der Waals surface area contributed by atoms with Crippen LogP contribution in [0, 0.1) is 5.41 Å². The highest BCUT2D eigenvalue weighted by Gasteiger charge is 2.63. The van der Waals surface area contributed by atoms with Gasteiger partial charge in [0.05, 0.1) is 17.8 Å². The third-order valence-electron chi connectivity index (χ3n) is 8.42. The second-order valence-corrected chi connectivity index (χ2v) is 10.8. The quantitative estimate of drug-likeness (QED) is 0.672. The molecule has 33 heavy (non-hydrogen) atoms. The summed E-state index contributed by atoms with van der Waals surface area (Å²) in [5, 5.41) is 4.15. The minimum atomic E-state index is -0.101. The van der Waals surface area contributed by atoms with Crippen molar-refractivity contribution in [2.24, 2.45) is 5.41 Å². The first kappa shape index (κ1) is 22.2. The van der Waals surface area contributed by atoms with Gasteiger partial charge in [-0.3, -0.25) is 9.59 Å². The molecule has 5 rings (SSSR count). The van der Waals surface area contributed by atoms with Gasteiger partial charge < -0.3 is 14.3 Å². The van der Waals surface area contributed by atoms with E-state index in [1.165, 1.54) is 5.56 Å². The Hall–Kier alpha value is -2.63. The molecule has 0 spiro atoms. The number of hydrogen-bond acceptors (Lipinski definition) is 4. The Morgan fingerprint density at radius 3 is 2.39 bits per heavy atom. The van der Waals surface area contributed by atoms with E-state index in [-0.39, 0.29) is 47.3 Å². The Morgan fingerprint density at radius 1 is 1.12 bits per heavy atom. The van der Waals surface area contributed by atoms with Crippen molar-refractivity contribution < 1.29 is 14.1 Å². The van der Waals surface area contributed by atoms with Crippen LogP contribution in [0.5, 0.6) is 0 Å². The number of amides is 2. The van der Waals surface area contributed by atoms with Crippen LogP contribution in [0.4, 0.5) is 0 Å². The highest BCUT2D eigenvalue weighted by molar-refractivity contribution is 5.92. The number of carbonyl (C=O) groups is 2. The summed E-state index contributed by atoms with van der Waals surface area (Å²) < 4.78 is 5.56. The molecule has 2 aliphatic heterocycles. The largest absolute Gasteiger partial charge is 0.351 e. The summed E-state index contributed by atoms with van der Waals surface area (Å²) >= 11 is 0. The van der Waals surface area contributed by atoms with Crippen molar-refractivity contribution in [2.75, 3.05) is 0 Å². The van der Waals surface area contributed by atoms with Gasteiger partial charge in [-0.1, -0.05) is 69.1 Å². The number of carbonyl (C=O) groups excluding carboxylic acids is 2. The molecule has 0 unspecified atom stereocenters. The van der Waals surface area contributed by atoms with E-state index in [0.717, 1.165) is 44.2 Å². The number of benzene rings is 1. The van der Waals surface area contributed by atoms with E-state index in [2.05, 4.69) is 34.0 Å². The lowest BCUT2D eigenvalue weighted by Gasteiger charge is -2.50. The van der Waals surface area contributed by atoms with Crippen LogP contribution in [-0.4, -0.2) is 50.9 Å². The van der Waals surface area contributed by atoms with Crippen LogP contribution in [0.25, 0.3) is 0 Å². The molecule has 2 amide bonds. The van der Waals surface area contributed by atoms with E-state index in [9.17, 15) is 9.59 Å². The van der Waals surface area contributed by atoms with Crippen LogP contribution < -0.4 is 0 Å². The zero-order chi connectivity index (χ0) is 23.3.